The molecule has 126 valence electrons. The fraction of sp³-hybridized carbons (Fsp3) is 0.556. The summed E-state index contributed by atoms with van der Waals surface area (Å²) >= 11 is 0. The quantitative estimate of drug-likeness (QED) is 0.703. The molecule has 1 N–H and O–H groups in total. The van der Waals surface area contributed by atoms with Crippen molar-refractivity contribution in [3.63, 3.8) is 0 Å². The summed E-state index contributed by atoms with van der Waals surface area (Å²) in [5.74, 6) is 0.544. The summed E-state index contributed by atoms with van der Waals surface area (Å²) in [5.41, 5.74) is 0.760. The van der Waals surface area contributed by atoms with Crippen LogP contribution in [0.25, 0.3) is 0 Å². The first-order chi connectivity index (χ1) is 11.2. The van der Waals surface area contributed by atoms with Gasteiger partial charge in [-0.3, -0.25) is 15.0 Å². The molecule has 0 aromatic heterocycles. The van der Waals surface area contributed by atoms with E-state index < -0.39 is 0 Å². The molecule has 0 spiro atoms. The second-order valence-electron chi connectivity index (χ2n) is 5.87. The molecule has 2 rings (SSSR count). The Morgan fingerprint density at radius 2 is 1.91 bits per heavy atom. The molecule has 3 amide bonds. The smallest absolute Gasteiger partial charge is 0.328 e. The molecule has 1 fully saturated rings. The van der Waals surface area contributed by atoms with Crippen LogP contribution >= 0.6 is 0 Å². The van der Waals surface area contributed by atoms with Gasteiger partial charge in [-0.05, 0) is 18.6 Å². The lowest BCUT2D eigenvalue weighted by atomic mass is 10.1. The highest BCUT2D eigenvalue weighted by Gasteiger charge is 2.24. The SMILES string of the molecule is CCCCCCCCOc1cccc(N2CCC(=O)NC2=O)c1. The van der Waals surface area contributed by atoms with Crippen molar-refractivity contribution in [1.82, 2.24) is 5.32 Å². The number of anilines is 1. The average molecular weight is 318 g/mol. The maximum Gasteiger partial charge on any atom is 0.328 e. The first-order valence-corrected chi connectivity index (χ1v) is 8.55. The number of imide groups is 1. The van der Waals surface area contributed by atoms with Crippen molar-refractivity contribution < 1.29 is 14.3 Å². The van der Waals surface area contributed by atoms with E-state index in [-0.39, 0.29) is 11.9 Å². The van der Waals surface area contributed by atoms with Crippen LogP contribution in [0.15, 0.2) is 24.3 Å². The van der Waals surface area contributed by atoms with Crippen molar-refractivity contribution in [3.05, 3.63) is 24.3 Å². The highest BCUT2D eigenvalue weighted by Crippen LogP contribution is 2.23. The summed E-state index contributed by atoms with van der Waals surface area (Å²) in [6.45, 7) is 3.32. The second kappa shape index (κ2) is 9.18. The van der Waals surface area contributed by atoms with Crippen LogP contribution in [0.1, 0.15) is 51.9 Å². The second-order valence-corrected chi connectivity index (χ2v) is 5.87. The lowest BCUT2D eigenvalue weighted by Gasteiger charge is -2.26. The first kappa shape index (κ1) is 17.3. The molecular formula is C18H26N2O3. The van der Waals surface area contributed by atoms with Gasteiger partial charge in [-0.1, -0.05) is 45.1 Å². The van der Waals surface area contributed by atoms with Gasteiger partial charge in [0.05, 0.1) is 6.61 Å². The maximum atomic E-state index is 11.9. The number of ether oxygens (including phenoxy) is 1. The number of benzene rings is 1. The maximum absolute atomic E-state index is 11.9. The van der Waals surface area contributed by atoms with E-state index >= 15 is 0 Å². The van der Waals surface area contributed by atoms with Gasteiger partial charge in [-0.2, -0.15) is 0 Å². The third-order valence-corrected chi connectivity index (χ3v) is 3.95. The molecule has 1 heterocycles. The molecule has 1 aliphatic heterocycles. The van der Waals surface area contributed by atoms with Gasteiger partial charge >= 0.3 is 6.03 Å². The van der Waals surface area contributed by atoms with Crippen molar-refractivity contribution in [2.75, 3.05) is 18.1 Å². The largest absolute Gasteiger partial charge is 0.494 e. The van der Waals surface area contributed by atoms with E-state index in [1.807, 2.05) is 24.3 Å². The number of carbonyl (C=O) groups is 2. The van der Waals surface area contributed by atoms with Crippen LogP contribution in [0.5, 0.6) is 5.75 Å². The molecule has 0 saturated carbocycles. The van der Waals surface area contributed by atoms with Crippen LogP contribution < -0.4 is 15.0 Å². The molecule has 0 bridgehead atoms. The van der Waals surface area contributed by atoms with Gasteiger partial charge in [-0.15, -0.1) is 0 Å². The molecule has 1 saturated heterocycles. The molecule has 5 heteroatoms. The summed E-state index contributed by atoms with van der Waals surface area (Å²) in [6, 6.07) is 7.11. The van der Waals surface area contributed by atoms with Gasteiger partial charge in [-0.25, -0.2) is 4.79 Å². The average Bonchev–Trinajstić information content (AvgIpc) is 2.54. The number of nitrogens with one attached hydrogen (secondary N) is 1. The van der Waals surface area contributed by atoms with Crippen LogP contribution in [0.3, 0.4) is 0 Å². The van der Waals surface area contributed by atoms with E-state index in [9.17, 15) is 9.59 Å². The van der Waals surface area contributed by atoms with Crippen LogP contribution in [0, 0.1) is 0 Å². The number of urea groups is 1. The van der Waals surface area contributed by atoms with E-state index in [4.69, 9.17) is 4.74 Å². The van der Waals surface area contributed by atoms with Crippen LogP contribution in [-0.4, -0.2) is 25.1 Å². The number of unbranched alkanes of at least 4 members (excludes halogenated alkanes) is 5. The van der Waals surface area contributed by atoms with Crippen molar-refractivity contribution in [3.8, 4) is 5.75 Å². The Morgan fingerprint density at radius 1 is 1.13 bits per heavy atom. The molecule has 0 atom stereocenters. The van der Waals surface area contributed by atoms with E-state index in [0.29, 0.717) is 19.6 Å². The van der Waals surface area contributed by atoms with Crippen molar-refractivity contribution in [2.45, 2.75) is 51.9 Å². The molecule has 0 aliphatic carbocycles. The third-order valence-electron chi connectivity index (χ3n) is 3.95. The van der Waals surface area contributed by atoms with Crippen molar-refractivity contribution >= 4 is 17.6 Å². The Labute approximate surface area is 138 Å². The van der Waals surface area contributed by atoms with Gasteiger partial charge < -0.3 is 4.74 Å². The fourth-order valence-corrected chi connectivity index (χ4v) is 2.62. The van der Waals surface area contributed by atoms with Gasteiger partial charge in [0.15, 0.2) is 0 Å². The van der Waals surface area contributed by atoms with E-state index in [1.165, 1.54) is 32.1 Å². The number of rotatable bonds is 9. The Bertz CT molecular complexity index is 531. The van der Waals surface area contributed by atoms with Crippen LogP contribution in [0.4, 0.5) is 10.5 Å². The number of hydrogen-bond acceptors (Lipinski definition) is 3. The molecule has 23 heavy (non-hydrogen) atoms. The standard InChI is InChI=1S/C18H26N2O3/c1-2-3-4-5-6-7-13-23-16-10-8-9-15(14-16)20-12-11-17(21)19-18(20)22/h8-10,14H,2-7,11-13H2,1H3,(H,19,21,22). The van der Waals surface area contributed by atoms with Gasteiger partial charge in [0.1, 0.15) is 5.75 Å². The summed E-state index contributed by atoms with van der Waals surface area (Å²) in [4.78, 5) is 24.6. The van der Waals surface area contributed by atoms with Gasteiger partial charge in [0, 0.05) is 24.7 Å². The lowest BCUT2D eigenvalue weighted by Crippen LogP contribution is -2.49. The minimum absolute atomic E-state index is 0.221. The zero-order valence-electron chi connectivity index (χ0n) is 13.8. The number of carbonyl (C=O) groups excluding carboxylic acids is 2. The van der Waals surface area contributed by atoms with E-state index in [2.05, 4.69) is 12.2 Å². The molecule has 0 radical (unpaired) electrons. The fourth-order valence-electron chi connectivity index (χ4n) is 2.62. The zero-order chi connectivity index (χ0) is 16.5. The Morgan fingerprint density at radius 3 is 2.70 bits per heavy atom. The third kappa shape index (κ3) is 5.58. The topological polar surface area (TPSA) is 58.6 Å². The zero-order valence-corrected chi connectivity index (χ0v) is 13.8. The number of nitrogens with zero attached hydrogens (tertiary/aromatic N) is 1. The minimum Gasteiger partial charge on any atom is -0.494 e. The normalized spacial score (nSPS) is 14.7. The van der Waals surface area contributed by atoms with Crippen LogP contribution in [-0.2, 0) is 4.79 Å². The van der Waals surface area contributed by atoms with E-state index in [0.717, 1.165) is 17.9 Å². The molecule has 5 nitrogen and oxygen atoms in total. The summed E-state index contributed by atoms with van der Waals surface area (Å²) in [5, 5.41) is 2.33. The first-order valence-electron chi connectivity index (χ1n) is 8.55. The highest BCUT2D eigenvalue weighted by molar-refractivity contribution is 6.05. The minimum atomic E-state index is -0.366. The Kier molecular flexibility index (Phi) is 6.91. The Balaban J connectivity index is 1.78. The number of amides is 3. The summed E-state index contributed by atoms with van der Waals surface area (Å²) < 4.78 is 5.78. The molecule has 1 aromatic rings. The summed E-state index contributed by atoms with van der Waals surface area (Å²) in [6.07, 6.45) is 7.70. The van der Waals surface area contributed by atoms with Gasteiger partial charge in [0.25, 0.3) is 0 Å². The van der Waals surface area contributed by atoms with Gasteiger partial charge in [0.2, 0.25) is 5.91 Å². The van der Waals surface area contributed by atoms with Crippen LogP contribution in [0.2, 0.25) is 0 Å². The monoisotopic (exact) mass is 318 g/mol. The van der Waals surface area contributed by atoms with E-state index in [1.54, 1.807) is 4.90 Å². The molecular weight excluding hydrogens is 292 g/mol. The molecule has 1 aliphatic rings. The number of hydrogen-bond donors (Lipinski definition) is 1. The molecule has 1 aromatic carbocycles. The van der Waals surface area contributed by atoms with Crippen molar-refractivity contribution in [2.24, 2.45) is 0 Å². The lowest BCUT2D eigenvalue weighted by molar-refractivity contribution is -0.120. The predicted molar refractivity (Wildman–Crippen MR) is 90.8 cm³/mol. The predicted octanol–water partition coefficient (Wildman–Crippen LogP) is 3.87. The van der Waals surface area contributed by atoms with Crippen molar-refractivity contribution in [1.29, 1.82) is 0 Å². The highest BCUT2D eigenvalue weighted by atomic mass is 16.5. The Hall–Kier alpha value is -2.04. The molecule has 0 unspecified atom stereocenters. The summed E-state index contributed by atoms with van der Waals surface area (Å²) in [7, 11) is 0.